The Morgan fingerprint density at radius 1 is 1.19 bits per heavy atom. The number of carbonyl (C=O) groups is 3. The van der Waals surface area contributed by atoms with Gasteiger partial charge in [0.1, 0.15) is 17.5 Å². The summed E-state index contributed by atoms with van der Waals surface area (Å²) in [5.74, 6) is -2.95. The summed E-state index contributed by atoms with van der Waals surface area (Å²) < 4.78 is 5.26. The Bertz CT molecular complexity index is 1060. The maximum absolute atomic E-state index is 13.6. The van der Waals surface area contributed by atoms with Gasteiger partial charge in [-0.3, -0.25) is 29.5 Å². The Hall–Kier alpha value is -3.56. The molecule has 0 saturated carbocycles. The van der Waals surface area contributed by atoms with Crippen LogP contribution in [0.1, 0.15) is 20.8 Å². The molecule has 0 radical (unpaired) electrons. The number of benzene rings is 1. The summed E-state index contributed by atoms with van der Waals surface area (Å²) in [6.07, 6.45) is 4.95. The molecule has 1 aromatic carbocycles. The maximum Gasteiger partial charge on any atom is 0.271 e. The maximum atomic E-state index is 13.6. The number of imide groups is 1. The van der Waals surface area contributed by atoms with E-state index in [2.05, 4.69) is 5.10 Å². The molecule has 10 heteroatoms. The molecule has 0 spiro atoms. The Kier molecular flexibility index (Phi) is 4.68. The SMILES string of the molecule is COc1ccc([N+](=O)[O-])cc1N1C(=O)[C@@H]2[C@H](C1=O)[C@@H](C(=O)C(C)(C)C)N1N=CC=C[C@H]21. The third-order valence-corrected chi connectivity index (χ3v) is 5.91. The van der Waals surface area contributed by atoms with E-state index in [4.69, 9.17) is 4.74 Å². The number of carbonyl (C=O) groups excluding carboxylic acids is 3. The molecular formula is C21H22N4O6. The van der Waals surface area contributed by atoms with Crippen LogP contribution < -0.4 is 9.64 Å². The van der Waals surface area contributed by atoms with Crippen LogP contribution in [0.5, 0.6) is 5.75 Å². The summed E-state index contributed by atoms with van der Waals surface area (Å²) in [5.41, 5.74) is -1.04. The number of Topliss-reactive ketones (excluding diaryl/α,β-unsaturated/α-hetero) is 1. The Balaban J connectivity index is 1.83. The molecule has 2 fully saturated rings. The topological polar surface area (TPSA) is 122 Å². The third kappa shape index (κ3) is 3.01. The van der Waals surface area contributed by atoms with Gasteiger partial charge in [-0.15, -0.1) is 0 Å². The van der Waals surface area contributed by atoms with Crippen molar-refractivity contribution in [3.05, 3.63) is 40.5 Å². The standard InChI is InChI=1S/C21H22N4O6/c1-21(2,3)18(26)17-16-15(12-6-5-9-22-24(12)17)19(27)23(20(16)28)13-10-11(25(29)30)7-8-14(13)31-4/h5-10,12,15-17H,1-4H3/t12-,15+,16+,17+/m1/s1. The molecule has 0 unspecified atom stereocenters. The van der Waals surface area contributed by atoms with Crippen LogP contribution in [0, 0.1) is 27.4 Å². The number of rotatable bonds is 4. The fourth-order valence-electron chi connectivity index (χ4n) is 4.49. The molecule has 0 N–H and O–H groups in total. The lowest BCUT2D eigenvalue weighted by molar-refractivity contribution is -0.384. The summed E-state index contributed by atoms with van der Waals surface area (Å²) in [7, 11) is 1.35. The zero-order chi connectivity index (χ0) is 22.7. The van der Waals surface area contributed by atoms with E-state index in [1.54, 1.807) is 37.9 Å². The number of fused-ring (bicyclic) bond motifs is 3. The molecule has 3 aliphatic heterocycles. The minimum absolute atomic E-state index is 0.00195. The van der Waals surface area contributed by atoms with Gasteiger partial charge >= 0.3 is 0 Å². The van der Waals surface area contributed by atoms with Crippen LogP contribution in [0.4, 0.5) is 11.4 Å². The van der Waals surface area contributed by atoms with Crippen LogP contribution in [0.15, 0.2) is 35.5 Å². The second-order valence-electron chi connectivity index (χ2n) is 8.76. The van der Waals surface area contributed by atoms with Crippen molar-refractivity contribution in [1.82, 2.24) is 5.01 Å². The molecule has 162 valence electrons. The second-order valence-corrected chi connectivity index (χ2v) is 8.76. The van der Waals surface area contributed by atoms with Crippen molar-refractivity contribution in [3.63, 3.8) is 0 Å². The molecule has 2 amide bonds. The number of ether oxygens (including phenoxy) is 1. The summed E-state index contributed by atoms with van der Waals surface area (Å²) >= 11 is 0. The fraction of sp³-hybridized carbons (Fsp3) is 0.429. The van der Waals surface area contributed by atoms with E-state index in [1.165, 1.54) is 25.5 Å². The number of hydrogen-bond acceptors (Lipinski definition) is 8. The second kappa shape index (κ2) is 7.00. The van der Waals surface area contributed by atoms with E-state index in [9.17, 15) is 24.5 Å². The quantitative estimate of drug-likeness (QED) is 0.409. The minimum Gasteiger partial charge on any atom is -0.495 e. The number of hydrogen-bond donors (Lipinski definition) is 0. The minimum atomic E-state index is -0.951. The number of ketones is 1. The van der Waals surface area contributed by atoms with E-state index < -0.39 is 46.1 Å². The van der Waals surface area contributed by atoms with E-state index in [-0.39, 0.29) is 22.9 Å². The van der Waals surface area contributed by atoms with E-state index >= 15 is 0 Å². The molecule has 0 aromatic heterocycles. The van der Waals surface area contributed by atoms with Gasteiger partial charge in [0.2, 0.25) is 11.8 Å². The Morgan fingerprint density at radius 3 is 2.48 bits per heavy atom. The van der Waals surface area contributed by atoms with E-state index in [0.29, 0.717) is 0 Å². The lowest BCUT2D eigenvalue weighted by Crippen LogP contribution is -2.49. The number of hydrazone groups is 1. The molecule has 2 saturated heterocycles. The van der Waals surface area contributed by atoms with Crippen molar-refractivity contribution >= 4 is 35.2 Å². The number of methoxy groups -OCH3 is 1. The lowest BCUT2D eigenvalue weighted by atomic mass is 9.80. The number of nitro groups is 1. The molecule has 0 aliphatic carbocycles. The molecule has 3 aliphatic rings. The molecule has 0 bridgehead atoms. The molecule has 10 nitrogen and oxygen atoms in total. The number of nitro benzene ring substituents is 1. The van der Waals surface area contributed by atoms with Gasteiger partial charge < -0.3 is 4.74 Å². The van der Waals surface area contributed by atoms with Crippen molar-refractivity contribution in [3.8, 4) is 5.75 Å². The first-order valence-electron chi connectivity index (χ1n) is 9.81. The summed E-state index contributed by atoms with van der Waals surface area (Å²) in [4.78, 5) is 51.9. The van der Waals surface area contributed by atoms with E-state index in [0.717, 1.165) is 11.0 Å². The number of allylic oxidation sites excluding steroid dienone is 1. The highest BCUT2D eigenvalue weighted by Crippen LogP contribution is 2.48. The highest BCUT2D eigenvalue weighted by molar-refractivity contribution is 6.25. The van der Waals surface area contributed by atoms with Gasteiger partial charge in [0.15, 0.2) is 5.78 Å². The van der Waals surface area contributed by atoms with Gasteiger partial charge in [-0.2, -0.15) is 5.10 Å². The van der Waals surface area contributed by atoms with Crippen LogP contribution in [-0.4, -0.2) is 52.9 Å². The number of non-ortho nitro benzene ring substituents is 1. The van der Waals surface area contributed by atoms with Crippen molar-refractivity contribution in [1.29, 1.82) is 0 Å². The van der Waals surface area contributed by atoms with Gasteiger partial charge in [-0.1, -0.05) is 26.8 Å². The zero-order valence-corrected chi connectivity index (χ0v) is 17.5. The van der Waals surface area contributed by atoms with Crippen molar-refractivity contribution in [2.75, 3.05) is 12.0 Å². The smallest absolute Gasteiger partial charge is 0.271 e. The summed E-state index contributed by atoms with van der Waals surface area (Å²) in [5, 5.41) is 17.1. The zero-order valence-electron chi connectivity index (χ0n) is 17.5. The molecule has 31 heavy (non-hydrogen) atoms. The van der Waals surface area contributed by atoms with Crippen LogP contribution >= 0.6 is 0 Å². The van der Waals surface area contributed by atoms with Crippen molar-refractivity contribution in [2.24, 2.45) is 22.4 Å². The van der Waals surface area contributed by atoms with Gasteiger partial charge in [-0.25, -0.2) is 4.90 Å². The molecule has 3 heterocycles. The number of nitrogens with zero attached hydrogens (tertiary/aromatic N) is 4. The number of anilines is 1. The average molecular weight is 426 g/mol. The lowest BCUT2D eigenvalue weighted by Gasteiger charge is -2.33. The summed E-state index contributed by atoms with van der Waals surface area (Å²) in [6.45, 7) is 5.26. The normalized spacial score (nSPS) is 26.8. The Morgan fingerprint density at radius 2 is 1.87 bits per heavy atom. The first kappa shape index (κ1) is 20.7. The van der Waals surface area contributed by atoms with Crippen LogP contribution in [0.3, 0.4) is 0 Å². The average Bonchev–Trinajstić information content (AvgIpc) is 3.19. The first-order chi connectivity index (χ1) is 14.6. The molecule has 4 atom stereocenters. The predicted molar refractivity (Wildman–Crippen MR) is 111 cm³/mol. The molecule has 4 rings (SSSR count). The van der Waals surface area contributed by atoms with Gasteiger partial charge in [0.05, 0.1) is 29.9 Å². The number of amides is 2. The predicted octanol–water partition coefficient (Wildman–Crippen LogP) is 1.93. The summed E-state index contributed by atoms with van der Waals surface area (Å²) in [6, 6.07) is 2.25. The Labute approximate surface area is 178 Å². The van der Waals surface area contributed by atoms with Crippen LogP contribution in [0.2, 0.25) is 0 Å². The highest BCUT2D eigenvalue weighted by atomic mass is 16.6. The fourth-order valence-corrected chi connectivity index (χ4v) is 4.49. The van der Waals surface area contributed by atoms with Crippen LogP contribution in [-0.2, 0) is 14.4 Å². The molecular weight excluding hydrogens is 404 g/mol. The van der Waals surface area contributed by atoms with Gasteiger partial charge in [0, 0.05) is 23.8 Å². The van der Waals surface area contributed by atoms with Crippen LogP contribution in [0.25, 0.3) is 0 Å². The monoisotopic (exact) mass is 426 g/mol. The van der Waals surface area contributed by atoms with Gasteiger partial charge in [-0.05, 0) is 12.1 Å². The largest absolute Gasteiger partial charge is 0.495 e. The highest BCUT2D eigenvalue weighted by Gasteiger charge is 2.65. The van der Waals surface area contributed by atoms with Crippen molar-refractivity contribution in [2.45, 2.75) is 32.9 Å². The third-order valence-electron chi connectivity index (χ3n) is 5.91. The first-order valence-corrected chi connectivity index (χ1v) is 9.81. The van der Waals surface area contributed by atoms with Crippen molar-refractivity contribution < 1.29 is 24.0 Å². The van der Waals surface area contributed by atoms with Gasteiger partial charge in [0.25, 0.3) is 5.69 Å². The molecule has 1 aromatic rings. The van der Waals surface area contributed by atoms with E-state index in [1.807, 2.05) is 0 Å².